The number of nitrogens with one attached hydrogen (secondary N) is 2. The van der Waals surface area contributed by atoms with Crippen LogP contribution in [-0.4, -0.2) is 31.1 Å². The highest BCUT2D eigenvalue weighted by Gasteiger charge is 2.59. The molecule has 0 aliphatic heterocycles. The van der Waals surface area contributed by atoms with E-state index in [1.165, 1.54) is 29.8 Å². The third-order valence-corrected chi connectivity index (χ3v) is 11.9. The van der Waals surface area contributed by atoms with Gasteiger partial charge in [-0.1, -0.05) is 19.4 Å². The fourth-order valence-corrected chi connectivity index (χ4v) is 9.46. The van der Waals surface area contributed by atoms with Crippen molar-refractivity contribution < 1.29 is 19.7 Å². The minimum absolute atomic E-state index is 0.0141. The van der Waals surface area contributed by atoms with Gasteiger partial charge >= 0.3 is 11.4 Å². The van der Waals surface area contributed by atoms with Crippen LogP contribution in [0.4, 0.5) is 34.1 Å². The van der Waals surface area contributed by atoms with Crippen LogP contribution >= 0.6 is 0 Å². The Morgan fingerprint density at radius 2 is 1.37 bits per heavy atom. The molecule has 2 N–H and O–H groups in total. The third kappa shape index (κ3) is 5.99. The number of rotatable bonds is 9. The zero-order valence-corrected chi connectivity index (χ0v) is 27.5. The third-order valence-electron chi connectivity index (χ3n) is 11.9. The molecule has 4 aliphatic rings. The van der Waals surface area contributed by atoms with E-state index in [-0.39, 0.29) is 39.5 Å². The zero-order chi connectivity index (χ0) is 35.2. The van der Waals surface area contributed by atoms with Crippen LogP contribution in [0, 0.1) is 75.0 Å². The molecule has 0 aromatic heterocycles. The molecule has 0 bridgehead atoms. The molecule has 4 aliphatic carbocycles. The highest BCUT2D eigenvalue weighted by Crippen LogP contribution is 2.66. The first-order valence-corrected chi connectivity index (χ1v) is 16.4. The maximum atomic E-state index is 11.6. The molecular formula is C33H38N8O8. The fourth-order valence-electron chi connectivity index (χ4n) is 9.46. The van der Waals surface area contributed by atoms with Crippen LogP contribution in [0.2, 0.25) is 0 Å². The predicted molar refractivity (Wildman–Crippen MR) is 182 cm³/mol. The molecule has 2 aromatic carbocycles. The molecule has 16 heteroatoms. The van der Waals surface area contributed by atoms with Crippen LogP contribution < -0.4 is 10.9 Å². The quantitative estimate of drug-likeness (QED) is 0.147. The minimum atomic E-state index is -0.669. The van der Waals surface area contributed by atoms with Crippen molar-refractivity contribution in [3.8, 4) is 0 Å². The summed E-state index contributed by atoms with van der Waals surface area (Å²) in [6.45, 7) is 6.68. The van der Waals surface area contributed by atoms with Crippen LogP contribution in [0.1, 0.15) is 72.1 Å². The molecule has 6 rings (SSSR count). The highest BCUT2D eigenvalue weighted by atomic mass is 16.6. The molecule has 3 fully saturated rings. The number of hydrogen-bond acceptors (Lipinski definition) is 12. The molecule has 0 radical (unpaired) electrons. The summed E-state index contributed by atoms with van der Waals surface area (Å²) in [5, 5.41) is 54.5. The van der Waals surface area contributed by atoms with E-state index in [0.29, 0.717) is 24.2 Å². The van der Waals surface area contributed by atoms with Crippen molar-refractivity contribution >= 4 is 45.5 Å². The number of nitro groups is 4. The molecule has 6 unspecified atom stereocenters. The number of hydrogen-bond donors (Lipinski definition) is 2. The molecule has 0 spiro atoms. The average molecular weight is 675 g/mol. The lowest BCUT2D eigenvalue weighted by Crippen LogP contribution is -2.51. The predicted octanol–water partition coefficient (Wildman–Crippen LogP) is 8.15. The lowest BCUT2D eigenvalue weighted by atomic mass is 9.46. The summed E-state index contributed by atoms with van der Waals surface area (Å²) < 4.78 is 0. The average Bonchev–Trinajstić information content (AvgIpc) is 3.43. The minimum Gasteiger partial charge on any atom is -0.272 e. The van der Waals surface area contributed by atoms with Crippen molar-refractivity contribution in [1.82, 2.24) is 0 Å². The molecule has 0 saturated heterocycles. The Morgan fingerprint density at radius 1 is 0.755 bits per heavy atom. The zero-order valence-electron chi connectivity index (χ0n) is 27.5. The summed E-state index contributed by atoms with van der Waals surface area (Å²) in [5.41, 5.74) is 7.37. The monoisotopic (exact) mass is 674 g/mol. The van der Waals surface area contributed by atoms with Gasteiger partial charge in [0.05, 0.1) is 37.5 Å². The van der Waals surface area contributed by atoms with Crippen LogP contribution in [-0.2, 0) is 0 Å². The van der Waals surface area contributed by atoms with E-state index in [1.54, 1.807) is 0 Å². The van der Waals surface area contributed by atoms with Gasteiger partial charge in [0.1, 0.15) is 11.4 Å². The molecule has 16 nitrogen and oxygen atoms in total. The Morgan fingerprint density at radius 3 is 1.96 bits per heavy atom. The smallest absolute Gasteiger partial charge is 0.272 e. The molecule has 258 valence electrons. The van der Waals surface area contributed by atoms with Gasteiger partial charge in [-0.25, -0.2) is 0 Å². The van der Waals surface area contributed by atoms with Crippen molar-refractivity contribution in [2.24, 2.45) is 44.7 Å². The molecule has 2 aromatic rings. The van der Waals surface area contributed by atoms with Gasteiger partial charge in [0.25, 0.3) is 11.4 Å². The van der Waals surface area contributed by atoms with Crippen LogP contribution in [0.15, 0.2) is 58.3 Å². The van der Waals surface area contributed by atoms with E-state index < -0.39 is 31.1 Å². The Kier molecular flexibility index (Phi) is 8.67. The van der Waals surface area contributed by atoms with Gasteiger partial charge in [0.15, 0.2) is 0 Å². The Bertz CT molecular complexity index is 1840. The SMILES string of the molecule is C/C(=N\Nc1ccc([N+](=O)[O-])cc1[N+](=O)[O-])C1CCC2C3CCC4=C/C(=N\Nc5ccc([N+](=O)[O-])cc5[N+](=O)[O-])CCC4(C)C3CCC12C. The standard InChI is InChI=1S/C33H38N8O8/c1-19(34-36-28-10-5-22(38(42)43)17-30(28)40(46)47)25-8-9-26-24-7-4-20-16-21(12-14-32(20,2)27(24)13-15-33(25,26)3)35-37-29-11-6-23(39(44)45)18-31(29)41(48)49/h5-6,10-11,16-18,24-27,36-37H,4,7-9,12-15H2,1-3H3/b34-19+,35-21-. The first-order valence-electron chi connectivity index (χ1n) is 16.4. The van der Waals surface area contributed by atoms with E-state index >= 15 is 0 Å². The van der Waals surface area contributed by atoms with Gasteiger partial charge in [0.2, 0.25) is 0 Å². The van der Waals surface area contributed by atoms with Gasteiger partial charge < -0.3 is 0 Å². The van der Waals surface area contributed by atoms with Gasteiger partial charge in [0, 0.05) is 23.8 Å². The second-order valence-electron chi connectivity index (χ2n) is 14.2. The topological polar surface area (TPSA) is 221 Å². The lowest BCUT2D eigenvalue weighted by Gasteiger charge is -2.58. The number of nitrogens with zero attached hydrogens (tertiary/aromatic N) is 6. The number of fused-ring (bicyclic) bond motifs is 5. The number of allylic oxidation sites excluding steroid dienone is 2. The number of anilines is 2. The van der Waals surface area contributed by atoms with E-state index in [9.17, 15) is 40.5 Å². The van der Waals surface area contributed by atoms with Crippen LogP contribution in [0.5, 0.6) is 0 Å². The van der Waals surface area contributed by atoms with Crippen LogP contribution in [0.3, 0.4) is 0 Å². The normalized spacial score (nSPS) is 30.0. The fraction of sp³-hybridized carbons (Fsp3) is 0.515. The molecule has 3 saturated carbocycles. The van der Waals surface area contributed by atoms with Crippen molar-refractivity contribution in [2.75, 3.05) is 10.9 Å². The highest BCUT2D eigenvalue weighted by molar-refractivity contribution is 5.97. The van der Waals surface area contributed by atoms with E-state index in [0.717, 1.165) is 68.5 Å². The Hall–Kier alpha value is -5.28. The largest absolute Gasteiger partial charge is 0.301 e. The molecule has 0 heterocycles. The van der Waals surface area contributed by atoms with Crippen molar-refractivity contribution in [3.05, 3.63) is 88.5 Å². The number of hydrazone groups is 2. The maximum Gasteiger partial charge on any atom is 0.301 e. The van der Waals surface area contributed by atoms with Crippen molar-refractivity contribution in [1.29, 1.82) is 0 Å². The van der Waals surface area contributed by atoms with E-state index in [1.807, 2.05) is 6.92 Å². The van der Waals surface area contributed by atoms with Gasteiger partial charge in [-0.3, -0.25) is 51.3 Å². The van der Waals surface area contributed by atoms with Gasteiger partial charge in [-0.2, -0.15) is 10.2 Å². The Labute approximate surface area is 281 Å². The second kappa shape index (κ2) is 12.6. The molecule has 6 atom stereocenters. The van der Waals surface area contributed by atoms with Crippen molar-refractivity contribution in [2.45, 2.75) is 72.1 Å². The van der Waals surface area contributed by atoms with Gasteiger partial charge in [-0.15, -0.1) is 0 Å². The van der Waals surface area contributed by atoms with E-state index in [2.05, 4.69) is 41.0 Å². The summed E-state index contributed by atoms with van der Waals surface area (Å²) in [6.07, 6.45) is 9.88. The second-order valence-corrected chi connectivity index (χ2v) is 14.2. The summed E-state index contributed by atoms with van der Waals surface area (Å²) in [4.78, 5) is 42.7. The van der Waals surface area contributed by atoms with Crippen molar-refractivity contribution in [3.63, 3.8) is 0 Å². The lowest BCUT2D eigenvalue weighted by molar-refractivity contribution is -0.393. The first-order chi connectivity index (χ1) is 23.2. The molecular weight excluding hydrogens is 636 g/mol. The van der Waals surface area contributed by atoms with Gasteiger partial charge in [-0.05, 0) is 105 Å². The summed E-state index contributed by atoms with van der Waals surface area (Å²) in [6, 6.07) is 6.94. The Balaban J connectivity index is 1.16. The van der Waals surface area contributed by atoms with E-state index in [4.69, 9.17) is 0 Å². The molecule has 0 amide bonds. The first kappa shape index (κ1) is 33.6. The maximum absolute atomic E-state index is 11.6. The number of nitro benzene ring substituents is 4. The summed E-state index contributed by atoms with van der Waals surface area (Å²) in [5.74, 6) is 1.76. The molecule has 49 heavy (non-hydrogen) atoms. The number of non-ortho nitro benzene ring substituents is 2. The summed E-state index contributed by atoms with van der Waals surface area (Å²) in [7, 11) is 0. The summed E-state index contributed by atoms with van der Waals surface area (Å²) >= 11 is 0. The van der Waals surface area contributed by atoms with Crippen LogP contribution in [0.25, 0.3) is 0 Å². The number of benzene rings is 2.